The molecule has 0 spiro atoms. The zero-order valence-electron chi connectivity index (χ0n) is 17.9. The van der Waals surface area contributed by atoms with Gasteiger partial charge in [0.15, 0.2) is 5.16 Å². The van der Waals surface area contributed by atoms with Crippen LogP contribution in [0.4, 0.5) is 5.69 Å². The van der Waals surface area contributed by atoms with Crippen LogP contribution in [-0.2, 0) is 24.2 Å². The van der Waals surface area contributed by atoms with Crippen LogP contribution in [0.25, 0.3) is 10.2 Å². The number of nitrogens with one attached hydrogen (secondary N) is 1. The normalized spacial score (nSPS) is 12.9. The fourth-order valence-corrected chi connectivity index (χ4v) is 6.28. The van der Waals surface area contributed by atoms with Crippen molar-refractivity contribution in [3.8, 4) is 0 Å². The highest BCUT2D eigenvalue weighted by atomic mass is 32.2. The van der Waals surface area contributed by atoms with Crippen molar-refractivity contribution in [1.82, 2.24) is 9.55 Å². The molecule has 1 aliphatic rings. The van der Waals surface area contributed by atoms with Crippen LogP contribution in [0, 0.1) is 13.8 Å². The number of furan rings is 1. The summed E-state index contributed by atoms with van der Waals surface area (Å²) in [6, 6.07) is 9.57. The molecule has 0 radical (unpaired) electrons. The topological polar surface area (TPSA) is 77.1 Å². The van der Waals surface area contributed by atoms with Crippen molar-refractivity contribution >= 4 is 44.9 Å². The summed E-state index contributed by atoms with van der Waals surface area (Å²) >= 11 is 2.89. The number of anilines is 1. The Labute approximate surface area is 193 Å². The van der Waals surface area contributed by atoms with E-state index in [1.165, 1.54) is 16.6 Å². The zero-order chi connectivity index (χ0) is 22.2. The highest BCUT2D eigenvalue weighted by molar-refractivity contribution is 7.99. The van der Waals surface area contributed by atoms with Gasteiger partial charge in [0.25, 0.3) is 5.56 Å². The van der Waals surface area contributed by atoms with Crippen molar-refractivity contribution in [3.05, 3.63) is 74.3 Å². The summed E-state index contributed by atoms with van der Waals surface area (Å²) in [4.78, 5) is 33.1. The Morgan fingerprint density at radius 3 is 2.78 bits per heavy atom. The van der Waals surface area contributed by atoms with E-state index in [0.29, 0.717) is 17.5 Å². The van der Waals surface area contributed by atoms with Gasteiger partial charge in [0.05, 0.1) is 23.9 Å². The van der Waals surface area contributed by atoms with E-state index in [1.54, 1.807) is 28.2 Å². The molecule has 8 heteroatoms. The number of thiophene rings is 1. The second-order valence-electron chi connectivity index (χ2n) is 8.01. The van der Waals surface area contributed by atoms with Crippen LogP contribution in [0.1, 0.15) is 33.7 Å². The molecular weight excluding hydrogens is 442 g/mol. The Bertz CT molecular complexity index is 1350. The van der Waals surface area contributed by atoms with Crippen LogP contribution < -0.4 is 10.9 Å². The third kappa shape index (κ3) is 3.89. The summed E-state index contributed by atoms with van der Waals surface area (Å²) in [6.07, 6.45) is 4.62. The van der Waals surface area contributed by atoms with Crippen molar-refractivity contribution in [2.24, 2.45) is 0 Å². The molecular formula is C24H23N3O3S2. The van der Waals surface area contributed by atoms with E-state index in [-0.39, 0.29) is 17.2 Å². The number of aromatic nitrogens is 2. The monoisotopic (exact) mass is 465 g/mol. The van der Waals surface area contributed by atoms with E-state index >= 15 is 0 Å². The van der Waals surface area contributed by atoms with Gasteiger partial charge < -0.3 is 9.73 Å². The van der Waals surface area contributed by atoms with Gasteiger partial charge in [-0.3, -0.25) is 14.2 Å². The number of para-hydroxylation sites is 1. The first-order valence-electron chi connectivity index (χ1n) is 10.6. The van der Waals surface area contributed by atoms with Crippen molar-refractivity contribution in [2.45, 2.75) is 44.8 Å². The predicted octanol–water partition coefficient (Wildman–Crippen LogP) is 4.94. The van der Waals surface area contributed by atoms with E-state index in [9.17, 15) is 9.59 Å². The third-order valence-electron chi connectivity index (χ3n) is 5.76. The number of carbonyl (C=O) groups excluding carboxylic acids is 1. The molecule has 0 unspecified atom stereocenters. The molecule has 0 atom stereocenters. The Kier molecular flexibility index (Phi) is 5.65. The van der Waals surface area contributed by atoms with Crippen molar-refractivity contribution < 1.29 is 9.21 Å². The number of carbonyl (C=O) groups is 1. The van der Waals surface area contributed by atoms with Gasteiger partial charge in [-0.15, -0.1) is 11.3 Å². The van der Waals surface area contributed by atoms with E-state index < -0.39 is 0 Å². The maximum absolute atomic E-state index is 13.5. The van der Waals surface area contributed by atoms with E-state index in [1.807, 2.05) is 38.1 Å². The van der Waals surface area contributed by atoms with Gasteiger partial charge in [-0.25, -0.2) is 4.98 Å². The lowest BCUT2D eigenvalue weighted by molar-refractivity contribution is -0.113. The van der Waals surface area contributed by atoms with Crippen LogP contribution in [0.15, 0.2) is 51.0 Å². The van der Waals surface area contributed by atoms with Crippen LogP contribution in [0.2, 0.25) is 0 Å². The van der Waals surface area contributed by atoms with Gasteiger partial charge in [-0.05, 0) is 61.9 Å². The summed E-state index contributed by atoms with van der Waals surface area (Å²) < 4.78 is 7.13. The number of amides is 1. The molecule has 0 saturated heterocycles. The van der Waals surface area contributed by atoms with E-state index in [0.717, 1.165) is 51.9 Å². The molecule has 1 aliphatic carbocycles. The van der Waals surface area contributed by atoms with Gasteiger partial charge in [-0.1, -0.05) is 30.0 Å². The maximum Gasteiger partial charge on any atom is 0.263 e. The summed E-state index contributed by atoms with van der Waals surface area (Å²) in [6.45, 7) is 4.24. The lowest BCUT2D eigenvalue weighted by Crippen LogP contribution is -2.25. The largest absolute Gasteiger partial charge is 0.467 e. The molecule has 4 aromatic rings. The number of nitrogens with zero attached hydrogens (tertiary/aromatic N) is 2. The third-order valence-corrected chi connectivity index (χ3v) is 7.92. The lowest BCUT2D eigenvalue weighted by atomic mass is 10.1. The Morgan fingerprint density at radius 2 is 2.03 bits per heavy atom. The van der Waals surface area contributed by atoms with Crippen molar-refractivity contribution in [1.29, 1.82) is 0 Å². The second-order valence-corrected chi connectivity index (χ2v) is 10.0. The van der Waals surface area contributed by atoms with Crippen LogP contribution in [-0.4, -0.2) is 21.2 Å². The Morgan fingerprint density at radius 1 is 1.22 bits per heavy atom. The minimum atomic E-state index is -0.125. The molecule has 1 amide bonds. The standard InChI is InChI=1S/C24H23N3O3S2/c1-14-6-3-7-15(2)21(14)25-19(28)13-31-24-26-22-20(17-9-4-10-18(17)32-22)23(29)27(24)12-16-8-5-11-30-16/h3,5-8,11H,4,9-10,12-13H2,1-2H3,(H,25,28). The molecule has 0 bridgehead atoms. The molecule has 164 valence electrons. The Balaban J connectivity index is 1.46. The molecule has 1 N–H and O–H groups in total. The number of benzene rings is 1. The van der Waals surface area contributed by atoms with E-state index in [4.69, 9.17) is 9.40 Å². The Hall–Kier alpha value is -2.84. The highest BCUT2D eigenvalue weighted by Crippen LogP contribution is 2.35. The van der Waals surface area contributed by atoms with Crippen LogP contribution >= 0.6 is 23.1 Å². The number of rotatable bonds is 6. The summed E-state index contributed by atoms with van der Waals surface area (Å²) in [5.41, 5.74) is 3.98. The highest BCUT2D eigenvalue weighted by Gasteiger charge is 2.24. The number of hydrogen-bond donors (Lipinski definition) is 1. The predicted molar refractivity (Wildman–Crippen MR) is 129 cm³/mol. The fourth-order valence-electron chi connectivity index (χ4n) is 4.18. The first kappa shape index (κ1) is 21.0. The van der Waals surface area contributed by atoms with Crippen LogP contribution in [0.5, 0.6) is 0 Å². The molecule has 3 heterocycles. The first-order valence-corrected chi connectivity index (χ1v) is 12.4. The summed E-state index contributed by atoms with van der Waals surface area (Å²) in [5.74, 6) is 0.719. The average Bonchev–Trinajstić information content (AvgIpc) is 3.49. The second kappa shape index (κ2) is 8.60. The van der Waals surface area contributed by atoms with E-state index in [2.05, 4.69) is 5.32 Å². The summed E-state index contributed by atoms with van der Waals surface area (Å²) in [5, 5.41) is 4.28. The van der Waals surface area contributed by atoms with Crippen molar-refractivity contribution in [2.75, 3.05) is 11.1 Å². The minimum absolute atomic E-state index is 0.0524. The van der Waals surface area contributed by atoms with Gasteiger partial charge in [0.2, 0.25) is 5.91 Å². The quantitative estimate of drug-likeness (QED) is 0.323. The first-order chi connectivity index (χ1) is 15.5. The molecule has 0 fully saturated rings. The summed E-state index contributed by atoms with van der Waals surface area (Å²) in [7, 11) is 0. The average molecular weight is 466 g/mol. The van der Waals surface area contributed by atoms with Crippen LogP contribution in [0.3, 0.4) is 0 Å². The lowest BCUT2D eigenvalue weighted by Gasteiger charge is -2.13. The molecule has 0 saturated carbocycles. The number of thioether (sulfide) groups is 1. The molecule has 6 nitrogen and oxygen atoms in total. The molecule has 0 aliphatic heterocycles. The van der Waals surface area contributed by atoms with Gasteiger partial charge in [0.1, 0.15) is 10.6 Å². The smallest absolute Gasteiger partial charge is 0.263 e. The van der Waals surface area contributed by atoms with Gasteiger partial charge >= 0.3 is 0 Å². The number of fused-ring (bicyclic) bond motifs is 3. The molecule has 1 aromatic carbocycles. The molecule has 5 rings (SSSR count). The zero-order valence-corrected chi connectivity index (χ0v) is 19.6. The number of aryl methyl sites for hydroxylation is 4. The van der Waals surface area contributed by atoms with Crippen molar-refractivity contribution in [3.63, 3.8) is 0 Å². The fraction of sp³-hybridized carbons (Fsp3) is 0.292. The molecule has 32 heavy (non-hydrogen) atoms. The SMILES string of the molecule is Cc1cccc(C)c1NC(=O)CSc1nc2sc3c(c2c(=O)n1Cc1ccco1)CCC3. The minimum Gasteiger partial charge on any atom is -0.467 e. The number of hydrogen-bond acceptors (Lipinski definition) is 6. The van der Waals surface area contributed by atoms with Gasteiger partial charge in [-0.2, -0.15) is 0 Å². The maximum atomic E-state index is 13.5. The molecule has 3 aromatic heterocycles. The van der Waals surface area contributed by atoms with Gasteiger partial charge in [0, 0.05) is 10.6 Å².